The first-order valence-electron chi connectivity index (χ1n) is 6.94. The Morgan fingerprint density at radius 1 is 1.55 bits per heavy atom. The molecule has 22 heavy (non-hydrogen) atoms. The molecule has 120 valence electrons. The third-order valence-electron chi connectivity index (χ3n) is 3.23. The molecule has 9 heteroatoms. The van der Waals surface area contributed by atoms with E-state index in [0.29, 0.717) is 31.1 Å². The van der Waals surface area contributed by atoms with E-state index in [1.165, 1.54) is 10.9 Å². The van der Waals surface area contributed by atoms with Crippen LogP contribution in [0.3, 0.4) is 0 Å². The Balaban J connectivity index is 1.81. The highest BCUT2D eigenvalue weighted by Gasteiger charge is 2.15. The number of carbonyl (C=O) groups excluding carboxylic acids is 1. The van der Waals surface area contributed by atoms with Crippen molar-refractivity contribution >= 4 is 17.5 Å². The fourth-order valence-corrected chi connectivity index (χ4v) is 2.08. The first-order valence-corrected chi connectivity index (χ1v) is 7.32. The van der Waals surface area contributed by atoms with E-state index in [2.05, 4.69) is 20.6 Å². The monoisotopic (exact) mass is 326 g/mol. The minimum atomic E-state index is -0.418. The van der Waals surface area contributed by atoms with Crippen LogP contribution in [0.1, 0.15) is 18.8 Å². The number of ether oxygens (including phenoxy) is 1. The van der Waals surface area contributed by atoms with Crippen LogP contribution in [0.15, 0.2) is 18.7 Å². The van der Waals surface area contributed by atoms with Gasteiger partial charge < -0.3 is 14.6 Å². The van der Waals surface area contributed by atoms with E-state index >= 15 is 0 Å². The lowest BCUT2D eigenvalue weighted by Crippen LogP contribution is -2.33. The number of amides is 1. The van der Waals surface area contributed by atoms with Gasteiger partial charge in [0.1, 0.15) is 18.2 Å². The van der Waals surface area contributed by atoms with Gasteiger partial charge in [-0.3, -0.25) is 9.48 Å². The molecule has 2 aromatic heterocycles. The van der Waals surface area contributed by atoms with E-state index < -0.39 is 6.04 Å². The standard InChI is InChI=1S/C13H19ClN6O2/c1-10(20-8-11(14)7-17-20)13(21)15-4-3-12-18-16-9-19(12)5-6-22-2/h7-10H,3-6H2,1-2H3,(H,15,21). The number of aromatic nitrogens is 5. The van der Waals surface area contributed by atoms with E-state index in [-0.39, 0.29) is 5.91 Å². The van der Waals surface area contributed by atoms with Crippen molar-refractivity contribution in [1.82, 2.24) is 29.9 Å². The number of carbonyl (C=O) groups is 1. The predicted octanol–water partition coefficient (Wildman–Crippen LogP) is 0.694. The maximum Gasteiger partial charge on any atom is 0.244 e. The first-order chi connectivity index (χ1) is 10.6. The van der Waals surface area contributed by atoms with E-state index in [4.69, 9.17) is 16.3 Å². The van der Waals surface area contributed by atoms with Crippen LogP contribution in [0.2, 0.25) is 5.02 Å². The highest BCUT2D eigenvalue weighted by Crippen LogP contribution is 2.10. The lowest BCUT2D eigenvalue weighted by molar-refractivity contribution is -0.124. The normalized spacial score (nSPS) is 12.3. The number of halogens is 1. The van der Waals surface area contributed by atoms with Crippen LogP contribution in [-0.2, 0) is 22.5 Å². The molecular formula is C13H19ClN6O2. The average Bonchev–Trinajstić information content (AvgIpc) is 3.13. The summed E-state index contributed by atoms with van der Waals surface area (Å²) in [6.45, 7) is 3.52. The zero-order valence-corrected chi connectivity index (χ0v) is 13.3. The topological polar surface area (TPSA) is 86.9 Å². The molecule has 1 atom stereocenters. The number of rotatable bonds is 8. The van der Waals surface area contributed by atoms with Gasteiger partial charge in [-0.15, -0.1) is 10.2 Å². The Hall–Kier alpha value is -1.93. The molecule has 0 aliphatic heterocycles. The van der Waals surface area contributed by atoms with Gasteiger partial charge in [-0.1, -0.05) is 11.6 Å². The Kier molecular flexibility index (Phi) is 5.91. The molecular weight excluding hydrogens is 308 g/mol. The molecule has 2 aromatic rings. The van der Waals surface area contributed by atoms with E-state index in [0.717, 1.165) is 5.82 Å². The number of nitrogens with zero attached hydrogens (tertiary/aromatic N) is 5. The molecule has 0 spiro atoms. The lowest BCUT2D eigenvalue weighted by atomic mass is 10.3. The van der Waals surface area contributed by atoms with Crippen molar-refractivity contribution in [2.24, 2.45) is 0 Å². The van der Waals surface area contributed by atoms with Gasteiger partial charge in [0.25, 0.3) is 0 Å². The molecule has 0 fully saturated rings. The van der Waals surface area contributed by atoms with Gasteiger partial charge in [-0.05, 0) is 6.92 Å². The van der Waals surface area contributed by atoms with Gasteiger partial charge >= 0.3 is 0 Å². The molecule has 0 saturated heterocycles. The van der Waals surface area contributed by atoms with Crippen LogP contribution in [0.25, 0.3) is 0 Å². The van der Waals surface area contributed by atoms with Crippen molar-refractivity contribution in [3.63, 3.8) is 0 Å². The maximum atomic E-state index is 12.1. The highest BCUT2D eigenvalue weighted by molar-refractivity contribution is 6.30. The average molecular weight is 327 g/mol. The zero-order valence-electron chi connectivity index (χ0n) is 12.6. The van der Waals surface area contributed by atoms with Crippen molar-refractivity contribution in [2.45, 2.75) is 25.9 Å². The molecule has 1 amide bonds. The second-order valence-electron chi connectivity index (χ2n) is 4.79. The Labute approximate surface area is 133 Å². The summed E-state index contributed by atoms with van der Waals surface area (Å²) in [6.07, 6.45) is 5.38. The molecule has 0 bridgehead atoms. The lowest BCUT2D eigenvalue weighted by Gasteiger charge is -2.12. The molecule has 0 aromatic carbocycles. The van der Waals surface area contributed by atoms with Gasteiger partial charge in [0.2, 0.25) is 5.91 Å². The van der Waals surface area contributed by atoms with Crippen LogP contribution in [0, 0.1) is 0 Å². The number of methoxy groups -OCH3 is 1. The van der Waals surface area contributed by atoms with E-state index in [1.807, 2.05) is 4.57 Å². The summed E-state index contributed by atoms with van der Waals surface area (Å²) in [5.41, 5.74) is 0. The summed E-state index contributed by atoms with van der Waals surface area (Å²) in [5, 5.41) is 15.3. The van der Waals surface area contributed by atoms with E-state index in [1.54, 1.807) is 26.6 Å². The van der Waals surface area contributed by atoms with Crippen LogP contribution < -0.4 is 5.32 Å². The molecule has 0 saturated carbocycles. The van der Waals surface area contributed by atoms with Gasteiger partial charge in [-0.2, -0.15) is 5.10 Å². The molecule has 8 nitrogen and oxygen atoms in total. The van der Waals surface area contributed by atoms with Crippen molar-refractivity contribution in [3.05, 3.63) is 29.6 Å². The molecule has 1 unspecified atom stereocenters. The van der Waals surface area contributed by atoms with Gasteiger partial charge in [0, 0.05) is 32.8 Å². The van der Waals surface area contributed by atoms with E-state index in [9.17, 15) is 4.79 Å². The molecule has 1 N–H and O–H groups in total. The first kappa shape index (κ1) is 16.4. The smallest absolute Gasteiger partial charge is 0.244 e. The van der Waals surface area contributed by atoms with Gasteiger partial charge in [-0.25, -0.2) is 0 Å². The summed E-state index contributed by atoms with van der Waals surface area (Å²) in [7, 11) is 1.65. The van der Waals surface area contributed by atoms with Crippen molar-refractivity contribution in [2.75, 3.05) is 20.3 Å². The molecule has 0 aliphatic carbocycles. The molecule has 2 heterocycles. The number of hydrogen-bond donors (Lipinski definition) is 1. The molecule has 2 rings (SSSR count). The summed E-state index contributed by atoms with van der Waals surface area (Å²) >= 11 is 5.80. The van der Waals surface area contributed by atoms with Gasteiger partial charge in [0.05, 0.1) is 17.8 Å². The van der Waals surface area contributed by atoms with Crippen molar-refractivity contribution in [1.29, 1.82) is 0 Å². The van der Waals surface area contributed by atoms with Crippen molar-refractivity contribution < 1.29 is 9.53 Å². The fraction of sp³-hybridized carbons (Fsp3) is 0.538. The van der Waals surface area contributed by atoms with Gasteiger partial charge in [0.15, 0.2) is 0 Å². The quantitative estimate of drug-likeness (QED) is 0.771. The summed E-state index contributed by atoms with van der Waals surface area (Å²) in [5.74, 6) is 0.690. The second kappa shape index (κ2) is 7.90. The minimum Gasteiger partial charge on any atom is -0.383 e. The van der Waals surface area contributed by atoms with Crippen LogP contribution in [-0.4, -0.2) is 50.7 Å². The molecule has 0 radical (unpaired) electrons. The largest absolute Gasteiger partial charge is 0.383 e. The minimum absolute atomic E-state index is 0.122. The van der Waals surface area contributed by atoms with Crippen molar-refractivity contribution in [3.8, 4) is 0 Å². The number of nitrogens with one attached hydrogen (secondary N) is 1. The zero-order chi connectivity index (χ0) is 15.9. The second-order valence-corrected chi connectivity index (χ2v) is 5.23. The Bertz CT molecular complexity index is 611. The molecule has 0 aliphatic rings. The van der Waals surface area contributed by atoms with Crippen LogP contribution in [0.4, 0.5) is 0 Å². The third-order valence-corrected chi connectivity index (χ3v) is 3.42. The van der Waals surface area contributed by atoms with Crippen LogP contribution in [0.5, 0.6) is 0 Å². The fourth-order valence-electron chi connectivity index (χ4n) is 1.94. The Morgan fingerprint density at radius 3 is 3.05 bits per heavy atom. The highest BCUT2D eigenvalue weighted by atomic mass is 35.5. The number of hydrogen-bond acceptors (Lipinski definition) is 5. The summed E-state index contributed by atoms with van der Waals surface area (Å²) < 4.78 is 8.46. The SMILES string of the molecule is COCCn1cnnc1CCNC(=O)C(C)n1cc(Cl)cn1. The maximum absolute atomic E-state index is 12.1. The van der Waals surface area contributed by atoms with Crippen LogP contribution >= 0.6 is 11.6 Å². The predicted molar refractivity (Wildman–Crippen MR) is 80.6 cm³/mol. The Morgan fingerprint density at radius 2 is 2.36 bits per heavy atom. The summed E-state index contributed by atoms with van der Waals surface area (Å²) in [4.78, 5) is 12.1. The summed E-state index contributed by atoms with van der Waals surface area (Å²) in [6, 6.07) is -0.418. The third kappa shape index (κ3) is 4.28.